The number of hydrogen-bond acceptors (Lipinski definition) is 20. The van der Waals surface area contributed by atoms with Crippen LogP contribution in [0.1, 0.15) is 41.4 Å². The summed E-state index contributed by atoms with van der Waals surface area (Å²) in [5, 5.41) is 147. The van der Waals surface area contributed by atoms with Gasteiger partial charge in [-0.3, -0.25) is 0 Å². The summed E-state index contributed by atoms with van der Waals surface area (Å²) in [6.07, 6.45) is 0. The topological polar surface area (TPSA) is 403 Å². The molecule has 0 heterocycles. The summed E-state index contributed by atoms with van der Waals surface area (Å²) < 4.78 is 0. The van der Waals surface area contributed by atoms with Crippen molar-refractivity contribution in [2.45, 2.75) is 0 Å². The summed E-state index contributed by atoms with van der Waals surface area (Å²) >= 11 is 0. The molecule has 20 nitrogen and oxygen atoms in total. The van der Waals surface area contributed by atoms with Crippen molar-refractivity contribution in [3.63, 3.8) is 0 Å². The maximum atomic E-state index is 10.2. The third-order valence-electron chi connectivity index (χ3n) is 5.22. The smallest absolute Gasteiger partial charge is 0.545 e. The van der Waals surface area contributed by atoms with E-state index in [-0.39, 0.29) is 27.3 Å². The van der Waals surface area contributed by atoms with Crippen LogP contribution in [0.5, 0.6) is 69.0 Å². The van der Waals surface area contributed by atoms with Gasteiger partial charge >= 0.3 is 27.3 Å². The van der Waals surface area contributed by atoms with Crippen LogP contribution in [-0.2, 0) is 0 Å². The third-order valence-corrected chi connectivity index (χ3v) is 5.22. The van der Waals surface area contributed by atoms with E-state index in [2.05, 4.69) is 0 Å². The molecule has 0 fully saturated rings. The number of carboxylic acids is 4. The van der Waals surface area contributed by atoms with E-state index in [1.165, 1.54) is 0 Å². The third kappa shape index (κ3) is 11.9. The zero-order valence-electron chi connectivity index (χ0n) is 23.8. The molecule has 4 rings (SSSR count). The van der Waals surface area contributed by atoms with Gasteiger partial charge in [0.1, 0.15) is 0 Å². The van der Waals surface area contributed by atoms with Gasteiger partial charge in [0.05, 0.1) is 23.9 Å². The quantitative estimate of drug-likeness (QED) is 0.0693. The predicted octanol–water partition coefficient (Wildman–Crippen LogP) is -3.71. The summed E-state index contributed by atoms with van der Waals surface area (Å²) in [7, 11) is 0. The van der Waals surface area contributed by atoms with Crippen molar-refractivity contribution in [2.24, 2.45) is 0 Å². The number of benzene rings is 4. The number of hydrogen-bond donors (Lipinski definition) is 12. The van der Waals surface area contributed by atoms with Gasteiger partial charge in [0.2, 0.25) is 0 Å². The van der Waals surface area contributed by atoms with E-state index < -0.39 is 115 Å². The van der Waals surface area contributed by atoms with Gasteiger partial charge < -0.3 is 101 Å². The van der Waals surface area contributed by atoms with Crippen LogP contribution in [-0.4, -0.2) is 112 Å². The molecule has 49 heavy (non-hydrogen) atoms. The fourth-order valence-electron chi connectivity index (χ4n) is 2.89. The number of rotatable bonds is 4. The Hall–Kier alpha value is -6.72. The summed E-state index contributed by atoms with van der Waals surface area (Å²) in [5.41, 5.74) is -1.60. The summed E-state index contributed by atoms with van der Waals surface area (Å²) in [5.74, 6) is -14.8. The van der Waals surface area contributed by atoms with Crippen molar-refractivity contribution >= 4 is 51.2 Å². The first-order valence-electron chi connectivity index (χ1n) is 11.9. The molecule has 0 aromatic heterocycles. The Labute approximate surface area is 291 Å². The van der Waals surface area contributed by atoms with Gasteiger partial charge in [-0.2, -0.15) is 0 Å². The zero-order valence-corrected chi connectivity index (χ0v) is 27.6. The second kappa shape index (κ2) is 17.8. The number of aromatic carboxylic acids is 4. The van der Waals surface area contributed by atoms with Gasteiger partial charge in [-0.05, 0) is 48.5 Å². The van der Waals surface area contributed by atoms with Crippen LogP contribution in [0, 0.1) is 0 Å². The van der Waals surface area contributed by atoms with Gasteiger partial charge in [-0.15, -0.1) is 0 Å². The summed E-state index contributed by atoms with van der Waals surface area (Å²) in [6, 6.07) is 6.26. The molecule has 0 aliphatic heterocycles. The zero-order chi connectivity index (χ0) is 37.2. The summed E-state index contributed by atoms with van der Waals surface area (Å²) in [6.45, 7) is 0. The van der Waals surface area contributed by atoms with E-state index >= 15 is 0 Å². The molecule has 0 saturated carbocycles. The Kier molecular flexibility index (Phi) is 15.4. The minimum absolute atomic E-state index is 0. The van der Waals surface area contributed by atoms with Crippen LogP contribution in [0.4, 0.5) is 0 Å². The van der Waals surface area contributed by atoms with Gasteiger partial charge in [0.25, 0.3) is 0 Å². The molecule has 21 heteroatoms. The van der Waals surface area contributed by atoms with E-state index in [0.29, 0.717) is 0 Å². The fourth-order valence-corrected chi connectivity index (χ4v) is 2.89. The molecule has 0 unspecified atom stereocenters. The average Bonchev–Trinajstić information content (AvgIpc) is 2.99. The minimum atomic E-state index is -1.54. The number of carboxylic acid groups (broad SMARTS) is 4. The maximum absolute atomic E-state index is 10.2. The first kappa shape index (κ1) is 42.3. The molecule has 0 amide bonds. The second-order valence-electron chi connectivity index (χ2n) is 8.60. The van der Waals surface area contributed by atoms with Crippen molar-refractivity contribution in [1.82, 2.24) is 0 Å². The molecule has 0 saturated heterocycles. The first-order chi connectivity index (χ1) is 22.1. The van der Waals surface area contributed by atoms with Crippen LogP contribution in [0.2, 0.25) is 0 Å². The SMILES string of the molecule is O=C([O-])c1cc(O)c(O)c(O)c1.O=C([O-])c1cc(O)c(O)c(O)c1.O=C([O-])c1cc(O)c(O)c(O)c1.O=C([O-])c1cc(O)c(O)c(O)c1.[Pb+4]. The predicted molar refractivity (Wildman–Crippen MR) is 149 cm³/mol. The van der Waals surface area contributed by atoms with Crippen molar-refractivity contribution in [1.29, 1.82) is 0 Å². The minimum Gasteiger partial charge on any atom is -0.545 e. The van der Waals surface area contributed by atoms with Crippen molar-refractivity contribution in [3.05, 3.63) is 70.8 Å². The largest absolute Gasteiger partial charge is 4.00 e. The van der Waals surface area contributed by atoms with Crippen LogP contribution in [0.25, 0.3) is 0 Å². The van der Waals surface area contributed by atoms with E-state index in [0.717, 1.165) is 48.5 Å². The standard InChI is InChI=1S/4C7H6O5.Pb/c4*8-4-1-3(7(11)12)2-5(9)6(4)10;/h4*1-2,8-10H,(H,11,12);/q;;;;+4/p-4. The maximum Gasteiger partial charge on any atom is 4.00 e. The molecule has 0 aliphatic carbocycles. The number of carbonyl (C=O) groups is 4. The molecular formula is C28H20O20Pb. The number of phenols is 12. The molecule has 0 aliphatic rings. The van der Waals surface area contributed by atoms with Gasteiger partial charge in [0.15, 0.2) is 69.0 Å². The Morgan fingerprint density at radius 3 is 0.490 bits per heavy atom. The Morgan fingerprint density at radius 2 is 0.408 bits per heavy atom. The first-order valence-corrected chi connectivity index (χ1v) is 11.9. The molecule has 0 spiro atoms. The fraction of sp³-hybridized carbons (Fsp3) is 0. The van der Waals surface area contributed by atoms with Crippen LogP contribution < -0.4 is 20.4 Å². The molecule has 0 atom stereocenters. The van der Waals surface area contributed by atoms with E-state index in [1.807, 2.05) is 0 Å². The molecule has 4 aromatic carbocycles. The van der Waals surface area contributed by atoms with Gasteiger partial charge in [-0.1, -0.05) is 0 Å². The van der Waals surface area contributed by atoms with Crippen LogP contribution >= 0.6 is 0 Å². The summed E-state index contributed by atoms with van der Waals surface area (Å²) in [4.78, 5) is 40.8. The van der Waals surface area contributed by atoms with Crippen molar-refractivity contribution in [2.75, 3.05) is 0 Å². The number of aromatic hydroxyl groups is 12. The Balaban J connectivity index is 0.000000623. The molecule has 0 radical (unpaired) electrons. The average molecular weight is 884 g/mol. The number of carbonyl (C=O) groups excluding carboxylic acids is 4. The van der Waals surface area contributed by atoms with Crippen LogP contribution in [0.3, 0.4) is 0 Å². The Morgan fingerprint density at radius 1 is 0.306 bits per heavy atom. The number of phenolic OH excluding ortho intramolecular Hbond substituents is 12. The van der Waals surface area contributed by atoms with Gasteiger partial charge in [0, 0.05) is 22.3 Å². The van der Waals surface area contributed by atoms with E-state index in [9.17, 15) is 39.6 Å². The van der Waals surface area contributed by atoms with Gasteiger partial charge in [-0.25, -0.2) is 0 Å². The van der Waals surface area contributed by atoms with Crippen molar-refractivity contribution in [3.8, 4) is 69.0 Å². The molecule has 0 bridgehead atoms. The molecule has 12 N–H and O–H groups in total. The van der Waals surface area contributed by atoms with Crippen LogP contribution in [0.15, 0.2) is 48.5 Å². The van der Waals surface area contributed by atoms with E-state index in [1.54, 1.807) is 0 Å². The molecule has 256 valence electrons. The molecular weight excluding hydrogens is 863 g/mol. The van der Waals surface area contributed by atoms with E-state index in [4.69, 9.17) is 61.3 Å². The Bertz CT molecular complexity index is 1510. The second-order valence-corrected chi connectivity index (χ2v) is 8.60. The molecule has 4 aromatic rings. The van der Waals surface area contributed by atoms with Crippen molar-refractivity contribution < 1.29 is 101 Å². The normalized spacial score (nSPS) is 9.47. The monoisotopic (exact) mass is 884 g/mol.